The summed E-state index contributed by atoms with van der Waals surface area (Å²) in [5, 5.41) is 0.698. The van der Waals surface area contributed by atoms with E-state index in [1.807, 2.05) is 4.90 Å². The molecule has 1 aliphatic heterocycles. The Morgan fingerprint density at radius 1 is 1.00 bits per heavy atom. The van der Waals surface area contributed by atoms with Crippen molar-refractivity contribution in [1.82, 2.24) is 9.80 Å². The first-order valence-corrected chi connectivity index (χ1v) is 14.4. The van der Waals surface area contributed by atoms with Gasteiger partial charge >= 0.3 is 6.18 Å². The Bertz CT molecular complexity index is 1500. The molecule has 5 nitrogen and oxygen atoms in total. The number of carbonyl (C=O) groups excluding carboxylic acids is 1. The van der Waals surface area contributed by atoms with E-state index in [9.17, 15) is 30.8 Å². The summed E-state index contributed by atoms with van der Waals surface area (Å²) in [5.41, 5.74) is 0.130. The number of hydrogen-bond donors (Lipinski definition) is 0. The molecular weight excluding hydrogens is 579 g/mol. The lowest BCUT2D eigenvalue weighted by molar-refractivity contribution is -0.140. The second kappa shape index (κ2) is 11.1. The van der Waals surface area contributed by atoms with Crippen molar-refractivity contribution in [2.75, 3.05) is 26.4 Å². The van der Waals surface area contributed by atoms with Crippen LogP contribution in [-0.4, -0.2) is 56.6 Å². The molecule has 1 saturated heterocycles. The van der Waals surface area contributed by atoms with Gasteiger partial charge in [-0.25, -0.2) is 12.8 Å². The lowest BCUT2D eigenvalue weighted by atomic mass is 9.93. The second-order valence-electron chi connectivity index (χ2n) is 9.58. The van der Waals surface area contributed by atoms with Gasteiger partial charge in [0.1, 0.15) is 5.82 Å². The Balaban J connectivity index is 1.61. The van der Waals surface area contributed by atoms with E-state index < -0.39 is 27.4 Å². The summed E-state index contributed by atoms with van der Waals surface area (Å²) < 4.78 is 76.7. The van der Waals surface area contributed by atoms with Gasteiger partial charge in [0.2, 0.25) is 0 Å². The van der Waals surface area contributed by atoms with E-state index in [2.05, 4.69) is 0 Å². The van der Waals surface area contributed by atoms with Crippen molar-refractivity contribution in [3.05, 3.63) is 98.8 Å². The highest BCUT2D eigenvalue weighted by Gasteiger charge is 2.39. The summed E-state index contributed by atoms with van der Waals surface area (Å²) in [5.74, 6) is -1.91. The minimum absolute atomic E-state index is 0.0931. The minimum Gasteiger partial charge on any atom is -0.336 e. The number of sulfone groups is 1. The van der Waals surface area contributed by atoms with E-state index in [1.54, 1.807) is 30.1 Å². The number of halogens is 6. The van der Waals surface area contributed by atoms with E-state index in [1.165, 1.54) is 30.3 Å². The highest BCUT2D eigenvalue weighted by Crippen LogP contribution is 2.36. The summed E-state index contributed by atoms with van der Waals surface area (Å²) in [7, 11) is -1.67. The number of carbonyl (C=O) groups is 1. The third kappa shape index (κ3) is 6.57. The van der Waals surface area contributed by atoms with Crippen molar-refractivity contribution in [2.24, 2.45) is 0 Å². The maximum absolute atomic E-state index is 14.2. The largest absolute Gasteiger partial charge is 0.419 e. The maximum Gasteiger partial charge on any atom is 0.419 e. The summed E-state index contributed by atoms with van der Waals surface area (Å²) in [4.78, 5) is 16.9. The van der Waals surface area contributed by atoms with Crippen LogP contribution in [0.25, 0.3) is 0 Å². The molecule has 0 aromatic heterocycles. The molecule has 0 N–H and O–H groups in total. The first kappa shape index (κ1) is 29.3. The fourth-order valence-electron chi connectivity index (χ4n) is 4.79. The molecule has 1 aliphatic rings. The molecule has 4 rings (SSSR count). The van der Waals surface area contributed by atoms with Crippen LogP contribution in [0.5, 0.6) is 0 Å². The molecule has 0 unspecified atom stereocenters. The third-order valence-electron chi connectivity index (χ3n) is 6.81. The van der Waals surface area contributed by atoms with Gasteiger partial charge in [0.25, 0.3) is 5.91 Å². The molecule has 3 aromatic carbocycles. The number of likely N-dealkylation sites (tertiary alicyclic amines) is 1. The molecule has 208 valence electrons. The molecule has 12 heteroatoms. The van der Waals surface area contributed by atoms with Crippen LogP contribution in [0, 0.1) is 5.82 Å². The molecule has 0 spiro atoms. The van der Waals surface area contributed by atoms with Crippen LogP contribution in [0.4, 0.5) is 17.6 Å². The van der Waals surface area contributed by atoms with Crippen LogP contribution in [-0.2, 0) is 22.6 Å². The van der Waals surface area contributed by atoms with E-state index >= 15 is 0 Å². The number of alkyl halides is 3. The highest BCUT2D eigenvalue weighted by atomic mass is 35.5. The Hall–Kier alpha value is -2.66. The van der Waals surface area contributed by atoms with E-state index in [-0.39, 0.29) is 35.9 Å². The second-order valence-corrected chi connectivity index (χ2v) is 12.4. The molecular formula is C27H24Cl2F4N2O3S. The number of rotatable bonds is 6. The van der Waals surface area contributed by atoms with Gasteiger partial charge in [0, 0.05) is 43.4 Å². The predicted molar refractivity (Wildman–Crippen MR) is 141 cm³/mol. The SMILES string of the molecule is CN(Cc1ccc(C(F)(F)F)c(F)c1)[C@H]1CN(C(=O)c2ccc(S(C)(=O)=O)cc2)C[C@@H]1c1ccc(Cl)c(Cl)c1. The minimum atomic E-state index is -4.79. The van der Waals surface area contributed by atoms with Crippen LogP contribution in [0.15, 0.2) is 65.6 Å². The zero-order valence-corrected chi connectivity index (χ0v) is 23.2. The van der Waals surface area contributed by atoms with Crippen LogP contribution >= 0.6 is 23.2 Å². The number of amides is 1. The molecule has 1 fully saturated rings. The number of likely N-dealkylation sites (N-methyl/N-ethyl adjacent to an activating group) is 1. The monoisotopic (exact) mass is 602 g/mol. The average molecular weight is 603 g/mol. The zero-order chi connectivity index (χ0) is 28.7. The average Bonchev–Trinajstić information content (AvgIpc) is 3.30. The molecule has 3 aromatic rings. The van der Waals surface area contributed by atoms with Crippen LogP contribution in [0.3, 0.4) is 0 Å². The van der Waals surface area contributed by atoms with Crippen molar-refractivity contribution in [2.45, 2.75) is 29.6 Å². The van der Waals surface area contributed by atoms with Crippen LogP contribution in [0.1, 0.15) is 33.0 Å². The molecule has 0 radical (unpaired) electrons. The van der Waals surface area contributed by atoms with Gasteiger partial charge in [-0.3, -0.25) is 9.69 Å². The molecule has 2 atom stereocenters. The van der Waals surface area contributed by atoms with E-state index in [0.717, 1.165) is 24.0 Å². The summed E-state index contributed by atoms with van der Waals surface area (Å²) in [6.07, 6.45) is -3.71. The Morgan fingerprint density at radius 3 is 2.23 bits per heavy atom. The Labute approximate surface area is 233 Å². The van der Waals surface area contributed by atoms with Crippen molar-refractivity contribution in [1.29, 1.82) is 0 Å². The van der Waals surface area contributed by atoms with Crippen LogP contribution < -0.4 is 0 Å². The van der Waals surface area contributed by atoms with Gasteiger partial charge in [0.15, 0.2) is 9.84 Å². The fraction of sp³-hybridized carbons (Fsp3) is 0.296. The summed E-state index contributed by atoms with van der Waals surface area (Å²) in [6, 6.07) is 13.3. The smallest absolute Gasteiger partial charge is 0.336 e. The predicted octanol–water partition coefficient (Wildman–Crippen LogP) is 6.30. The molecule has 1 heterocycles. The molecule has 0 aliphatic carbocycles. The first-order valence-electron chi connectivity index (χ1n) is 11.8. The van der Waals surface area contributed by atoms with Crippen molar-refractivity contribution in [3.63, 3.8) is 0 Å². The lowest BCUT2D eigenvalue weighted by Crippen LogP contribution is -2.38. The highest BCUT2D eigenvalue weighted by molar-refractivity contribution is 7.90. The normalized spacial score (nSPS) is 18.1. The van der Waals surface area contributed by atoms with Crippen molar-refractivity contribution < 1.29 is 30.8 Å². The van der Waals surface area contributed by atoms with Crippen molar-refractivity contribution in [3.8, 4) is 0 Å². The van der Waals surface area contributed by atoms with Crippen molar-refractivity contribution >= 4 is 38.9 Å². The first-order chi connectivity index (χ1) is 18.1. The van der Waals surface area contributed by atoms with Gasteiger partial charge in [-0.1, -0.05) is 35.3 Å². The van der Waals surface area contributed by atoms with Gasteiger partial charge in [-0.15, -0.1) is 0 Å². The van der Waals surface area contributed by atoms with Gasteiger partial charge < -0.3 is 4.90 Å². The summed E-state index contributed by atoms with van der Waals surface area (Å²) in [6.45, 7) is 0.681. The number of nitrogens with zero attached hydrogens (tertiary/aromatic N) is 2. The standard InChI is InChI=1S/C27H24Cl2F4N2O3S/c1-34(13-16-3-9-21(24(30)11-16)27(31,32)33)25-15-35(14-20(25)18-6-10-22(28)23(29)12-18)26(36)17-4-7-19(8-5-17)39(2,37)38/h3-12,20,25H,13-15H2,1-2H3/t20-,25+/m1/s1. The Kier molecular flexibility index (Phi) is 8.33. The molecule has 0 bridgehead atoms. The fourth-order valence-corrected chi connectivity index (χ4v) is 5.73. The number of hydrogen-bond acceptors (Lipinski definition) is 4. The molecule has 0 saturated carbocycles. The molecule has 1 amide bonds. The quantitative estimate of drug-likeness (QED) is 0.311. The lowest BCUT2D eigenvalue weighted by Gasteiger charge is -2.29. The van der Waals surface area contributed by atoms with E-state index in [4.69, 9.17) is 23.2 Å². The number of benzene rings is 3. The summed E-state index contributed by atoms with van der Waals surface area (Å²) >= 11 is 12.3. The third-order valence-corrected chi connectivity index (χ3v) is 8.68. The maximum atomic E-state index is 14.2. The zero-order valence-electron chi connectivity index (χ0n) is 20.8. The van der Waals surface area contributed by atoms with Gasteiger partial charge in [-0.2, -0.15) is 13.2 Å². The van der Waals surface area contributed by atoms with Gasteiger partial charge in [0.05, 0.1) is 20.5 Å². The van der Waals surface area contributed by atoms with Gasteiger partial charge in [-0.05, 0) is 66.7 Å². The Morgan fingerprint density at radius 2 is 1.67 bits per heavy atom. The van der Waals surface area contributed by atoms with E-state index in [0.29, 0.717) is 27.7 Å². The molecule has 39 heavy (non-hydrogen) atoms. The topological polar surface area (TPSA) is 57.7 Å². The van der Waals surface area contributed by atoms with Crippen LogP contribution in [0.2, 0.25) is 10.0 Å².